The minimum absolute atomic E-state index is 0.0152. The first-order chi connectivity index (χ1) is 9.97. The van der Waals surface area contributed by atoms with Crippen molar-refractivity contribution in [2.75, 3.05) is 31.6 Å². The predicted molar refractivity (Wildman–Crippen MR) is 90.4 cm³/mol. The number of morpholine rings is 1. The summed E-state index contributed by atoms with van der Waals surface area (Å²) >= 11 is 2.25. The van der Waals surface area contributed by atoms with Crippen molar-refractivity contribution in [1.82, 2.24) is 4.90 Å². The summed E-state index contributed by atoms with van der Waals surface area (Å²) in [5.41, 5.74) is 1.90. The molecule has 1 fully saturated rings. The molecule has 0 radical (unpaired) electrons. The van der Waals surface area contributed by atoms with Crippen LogP contribution < -0.4 is 5.32 Å². The number of aryl methyl sites for hydroxylation is 1. The van der Waals surface area contributed by atoms with Crippen LogP contribution in [0.25, 0.3) is 0 Å². The highest BCUT2D eigenvalue weighted by Gasteiger charge is 2.26. The Morgan fingerprint density at radius 1 is 1.52 bits per heavy atom. The minimum atomic E-state index is -0.207. The van der Waals surface area contributed by atoms with Crippen molar-refractivity contribution in [3.8, 4) is 0 Å². The second-order valence-corrected chi connectivity index (χ2v) is 6.70. The lowest BCUT2D eigenvalue weighted by molar-refractivity contribution is -0.124. The van der Waals surface area contributed by atoms with Crippen LogP contribution in [0.5, 0.6) is 0 Å². The number of hydrogen-bond acceptors (Lipinski definition) is 4. The van der Waals surface area contributed by atoms with E-state index in [2.05, 4.69) is 27.9 Å². The van der Waals surface area contributed by atoms with Gasteiger partial charge in [-0.25, -0.2) is 0 Å². The average Bonchev–Trinajstić information content (AvgIpc) is 2.41. The molecule has 0 spiro atoms. The molecular formula is C15H21IN2O3. The Balaban J connectivity index is 1.92. The molecule has 0 aromatic heterocycles. The zero-order valence-electron chi connectivity index (χ0n) is 12.3. The lowest BCUT2D eigenvalue weighted by atomic mass is 10.2. The number of aliphatic hydroxyl groups excluding tert-OH is 1. The van der Waals surface area contributed by atoms with Crippen molar-refractivity contribution in [1.29, 1.82) is 0 Å². The predicted octanol–water partition coefficient (Wildman–Crippen LogP) is 1.62. The van der Waals surface area contributed by atoms with Crippen molar-refractivity contribution < 1.29 is 14.6 Å². The molecule has 1 heterocycles. The Labute approximate surface area is 138 Å². The van der Waals surface area contributed by atoms with Gasteiger partial charge in [0.2, 0.25) is 5.91 Å². The highest BCUT2D eigenvalue weighted by molar-refractivity contribution is 14.1. The first kappa shape index (κ1) is 16.7. The van der Waals surface area contributed by atoms with Crippen LogP contribution in [-0.2, 0) is 9.53 Å². The van der Waals surface area contributed by atoms with Gasteiger partial charge in [0.1, 0.15) is 0 Å². The molecule has 2 unspecified atom stereocenters. The SMILES string of the molecule is Cc1cc(I)ccc1NC(=O)CN1CC(C)OC(CO)C1. The Kier molecular flexibility index (Phi) is 5.98. The topological polar surface area (TPSA) is 61.8 Å². The summed E-state index contributed by atoms with van der Waals surface area (Å²) in [5.74, 6) is -0.0369. The maximum atomic E-state index is 12.2. The van der Waals surface area contributed by atoms with Crippen LogP contribution >= 0.6 is 22.6 Å². The van der Waals surface area contributed by atoms with Gasteiger partial charge in [0.15, 0.2) is 0 Å². The number of nitrogens with zero attached hydrogens (tertiary/aromatic N) is 1. The molecule has 2 atom stereocenters. The first-order valence-electron chi connectivity index (χ1n) is 7.02. The number of anilines is 1. The number of hydrogen-bond donors (Lipinski definition) is 2. The molecule has 0 bridgehead atoms. The fourth-order valence-electron chi connectivity index (χ4n) is 2.53. The summed E-state index contributed by atoms with van der Waals surface area (Å²) in [6.45, 7) is 5.52. The van der Waals surface area contributed by atoms with Gasteiger partial charge in [0, 0.05) is 22.3 Å². The molecule has 2 rings (SSSR count). The van der Waals surface area contributed by atoms with E-state index in [1.165, 1.54) is 0 Å². The summed E-state index contributed by atoms with van der Waals surface area (Å²) < 4.78 is 6.72. The monoisotopic (exact) mass is 404 g/mol. The molecule has 1 aliphatic heterocycles. The molecule has 0 saturated carbocycles. The van der Waals surface area contributed by atoms with Gasteiger partial charge in [0.05, 0.1) is 25.4 Å². The summed E-state index contributed by atoms with van der Waals surface area (Å²) in [7, 11) is 0. The lowest BCUT2D eigenvalue weighted by Crippen LogP contribution is -2.50. The van der Waals surface area contributed by atoms with E-state index in [1.54, 1.807) is 0 Å². The Hall–Kier alpha value is -0.700. The third-order valence-corrected chi connectivity index (χ3v) is 4.11. The fourth-order valence-corrected chi connectivity index (χ4v) is 3.18. The van der Waals surface area contributed by atoms with Crippen molar-refractivity contribution in [2.45, 2.75) is 26.1 Å². The highest BCUT2D eigenvalue weighted by atomic mass is 127. The number of ether oxygens (including phenoxy) is 1. The van der Waals surface area contributed by atoms with Crippen LogP contribution in [0.4, 0.5) is 5.69 Å². The van der Waals surface area contributed by atoms with E-state index >= 15 is 0 Å². The molecule has 0 aliphatic carbocycles. The molecule has 1 aliphatic rings. The van der Waals surface area contributed by atoms with Gasteiger partial charge >= 0.3 is 0 Å². The summed E-state index contributed by atoms with van der Waals surface area (Å²) in [6.07, 6.45) is -0.176. The van der Waals surface area contributed by atoms with Crippen molar-refractivity contribution in [3.63, 3.8) is 0 Å². The summed E-state index contributed by atoms with van der Waals surface area (Å²) in [6, 6.07) is 5.93. The number of nitrogens with one attached hydrogen (secondary N) is 1. The Morgan fingerprint density at radius 3 is 2.95 bits per heavy atom. The van der Waals surface area contributed by atoms with Gasteiger partial charge in [-0.1, -0.05) is 0 Å². The number of carbonyl (C=O) groups excluding carboxylic acids is 1. The van der Waals surface area contributed by atoms with Crippen LogP contribution in [0, 0.1) is 10.5 Å². The molecule has 6 heteroatoms. The molecule has 1 aromatic carbocycles. The molecule has 116 valence electrons. The lowest BCUT2D eigenvalue weighted by Gasteiger charge is -2.35. The molecular weight excluding hydrogens is 383 g/mol. The molecule has 21 heavy (non-hydrogen) atoms. The standard InChI is InChI=1S/C15H21IN2O3/c1-10-5-12(16)3-4-14(10)17-15(20)8-18-6-11(2)21-13(7-18)9-19/h3-5,11,13,19H,6-9H2,1-2H3,(H,17,20). The maximum Gasteiger partial charge on any atom is 0.238 e. The summed E-state index contributed by atoms with van der Waals surface area (Å²) in [4.78, 5) is 14.2. The van der Waals surface area contributed by atoms with Gasteiger partial charge in [-0.05, 0) is 60.2 Å². The zero-order chi connectivity index (χ0) is 15.4. The van der Waals surface area contributed by atoms with Gasteiger partial charge in [0.25, 0.3) is 0 Å². The number of benzene rings is 1. The van der Waals surface area contributed by atoms with Gasteiger partial charge < -0.3 is 15.2 Å². The van der Waals surface area contributed by atoms with Gasteiger partial charge in [-0.2, -0.15) is 0 Å². The smallest absolute Gasteiger partial charge is 0.238 e. The van der Waals surface area contributed by atoms with Crippen LogP contribution in [0.2, 0.25) is 0 Å². The van der Waals surface area contributed by atoms with E-state index in [0.29, 0.717) is 19.6 Å². The van der Waals surface area contributed by atoms with E-state index in [9.17, 15) is 9.90 Å². The average molecular weight is 404 g/mol. The number of aliphatic hydroxyl groups is 1. The Morgan fingerprint density at radius 2 is 2.29 bits per heavy atom. The van der Waals surface area contributed by atoms with Crippen molar-refractivity contribution in [3.05, 3.63) is 27.3 Å². The number of halogens is 1. The third-order valence-electron chi connectivity index (χ3n) is 3.44. The van der Waals surface area contributed by atoms with Crippen LogP contribution in [0.15, 0.2) is 18.2 Å². The molecule has 1 saturated heterocycles. The third kappa shape index (κ3) is 4.91. The van der Waals surface area contributed by atoms with E-state index in [0.717, 1.165) is 14.8 Å². The van der Waals surface area contributed by atoms with Crippen molar-refractivity contribution in [2.24, 2.45) is 0 Å². The molecule has 5 nitrogen and oxygen atoms in total. The Bertz CT molecular complexity index is 510. The van der Waals surface area contributed by atoms with E-state index in [-0.39, 0.29) is 24.7 Å². The van der Waals surface area contributed by atoms with Crippen LogP contribution in [0.3, 0.4) is 0 Å². The van der Waals surface area contributed by atoms with E-state index in [4.69, 9.17) is 4.74 Å². The van der Waals surface area contributed by atoms with Gasteiger partial charge in [-0.3, -0.25) is 9.69 Å². The van der Waals surface area contributed by atoms with Gasteiger partial charge in [-0.15, -0.1) is 0 Å². The van der Waals surface area contributed by atoms with Crippen LogP contribution in [0.1, 0.15) is 12.5 Å². The summed E-state index contributed by atoms with van der Waals surface area (Å²) in [5, 5.41) is 12.2. The first-order valence-corrected chi connectivity index (χ1v) is 8.10. The quantitative estimate of drug-likeness (QED) is 0.749. The zero-order valence-corrected chi connectivity index (χ0v) is 14.5. The normalized spacial score (nSPS) is 23.0. The number of carbonyl (C=O) groups is 1. The largest absolute Gasteiger partial charge is 0.394 e. The second-order valence-electron chi connectivity index (χ2n) is 5.45. The minimum Gasteiger partial charge on any atom is -0.394 e. The van der Waals surface area contributed by atoms with Crippen molar-refractivity contribution >= 4 is 34.2 Å². The second kappa shape index (κ2) is 7.53. The fraction of sp³-hybridized carbons (Fsp3) is 0.533. The maximum absolute atomic E-state index is 12.2. The highest BCUT2D eigenvalue weighted by Crippen LogP contribution is 2.18. The number of rotatable bonds is 4. The molecule has 2 N–H and O–H groups in total. The molecule has 1 amide bonds. The van der Waals surface area contributed by atoms with E-state index in [1.807, 2.05) is 36.9 Å². The van der Waals surface area contributed by atoms with Crippen LogP contribution in [-0.4, -0.2) is 54.4 Å². The number of amides is 1. The molecule has 1 aromatic rings. The van der Waals surface area contributed by atoms with E-state index < -0.39 is 0 Å².